The van der Waals surface area contributed by atoms with Gasteiger partial charge in [-0.2, -0.15) is 13.2 Å². The second-order valence-electron chi connectivity index (χ2n) is 3.84. The Morgan fingerprint density at radius 1 is 1.40 bits per heavy atom. The average Bonchev–Trinajstić information content (AvgIpc) is 2.13. The summed E-state index contributed by atoms with van der Waals surface area (Å²) in [5.41, 5.74) is 0.563. The predicted molar refractivity (Wildman–Crippen MR) is 53.0 cm³/mol. The number of alkyl halides is 3. The summed E-state index contributed by atoms with van der Waals surface area (Å²) in [5.74, 6) is -0.489. The highest BCUT2D eigenvalue weighted by molar-refractivity contribution is 5.17. The summed E-state index contributed by atoms with van der Waals surface area (Å²) in [6.45, 7) is 3.52. The van der Waals surface area contributed by atoms with Gasteiger partial charge in [0.15, 0.2) is 0 Å². The van der Waals surface area contributed by atoms with Gasteiger partial charge in [0, 0.05) is 5.70 Å². The maximum Gasteiger partial charge on any atom is 0.408 e. The van der Waals surface area contributed by atoms with Gasteiger partial charge in [0.05, 0.1) is 6.54 Å². The van der Waals surface area contributed by atoms with Crippen molar-refractivity contribution in [1.82, 2.24) is 10.6 Å². The Morgan fingerprint density at radius 2 is 2.07 bits per heavy atom. The minimum atomic E-state index is -4.21. The zero-order valence-electron chi connectivity index (χ0n) is 8.73. The Hall–Kier alpha value is -1.13. The van der Waals surface area contributed by atoms with Gasteiger partial charge in [-0.1, -0.05) is 13.8 Å². The van der Waals surface area contributed by atoms with E-state index in [9.17, 15) is 13.2 Å². The normalized spacial score (nSPS) is 18.4. The number of dihydropyridines is 1. The van der Waals surface area contributed by atoms with E-state index in [1.165, 1.54) is 0 Å². The third-order valence-corrected chi connectivity index (χ3v) is 2.16. The van der Waals surface area contributed by atoms with Gasteiger partial charge in [-0.15, -0.1) is 0 Å². The summed E-state index contributed by atoms with van der Waals surface area (Å²) < 4.78 is 37.8. The molecule has 0 bridgehead atoms. The van der Waals surface area contributed by atoms with Crippen molar-refractivity contribution in [3.05, 3.63) is 24.0 Å². The molecule has 86 valence electrons. The van der Waals surface area contributed by atoms with Crippen molar-refractivity contribution in [3.63, 3.8) is 0 Å². The molecule has 1 atom stereocenters. The van der Waals surface area contributed by atoms with E-state index in [1.807, 2.05) is 0 Å². The quantitative estimate of drug-likeness (QED) is 0.761. The lowest BCUT2D eigenvalue weighted by Crippen LogP contribution is -2.47. The summed E-state index contributed by atoms with van der Waals surface area (Å²) in [6.07, 6.45) is 0.816. The van der Waals surface area contributed by atoms with Gasteiger partial charge >= 0.3 is 6.18 Å². The van der Waals surface area contributed by atoms with Crippen LogP contribution in [0.15, 0.2) is 24.0 Å². The molecule has 0 fully saturated rings. The lowest BCUT2D eigenvalue weighted by Gasteiger charge is -2.27. The molecule has 0 aliphatic carbocycles. The molecule has 0 spiro atoms. The average molecular weight is 220 g/mol. The Morgan fingerprint density at radius 3 is 2.47 bits per heavy atom. The number of allylic oxidation sites excluding steroid dienone is 2. The van der Waals surface area contributed by atoms with Crippen LogP contribution in [0.3, 0.4) is 0 Å². The molecular weight excluding hydrogens is 205 g/mol. The molecule has 2 nitrogen and oxygen atoms in total. The molecule has 0 radical (unpaired) electrons. The third kappa shape index (κ3) is 3.49. The van der Waals surface area contributed by atoms with Crippen LogP contribution in [0.2, 0.25) is 0 Å². The maximum absolute atomic E-state index is 12.6. The largest absolute Gasteiger partial charge is 0.408 e. The second-order valence-corrected chi connectivity index (χ2v) is 3.84. The van der Waals surface area contributed by atoms with Crippen LogP contribution < -0.4 is 10.6 Å². The summed E-state index contributed by atoms with van der Waals surface area (Å²) in [6, 6.07) is -1.49. The molecule has 1 rings (SSSR count). The Kier molecular flexibility index (Phi) is 3.66. The number of rotatable bonds is 3. The van der Waals surface area contributed by atoms with Gasteiger partial charge in [-0.25, -0.2) is 0 Å². The molecule has 0 amide bonds. The Labute approximate surface area is 87.2 Å². The van der Waals surface area contributed by atoms with Crippen LogP contribution in [0, 0.1) is 5.92 Å². The van der Waals surface area contributed by atoms with Gasteiger partial charge in [0.25, 0.3) is 0 Å². The minimum Gasteiger partial charge on any atom is -0.385 e. The van der Waals surface area contributed by atoms with Crippen molar-refractivity contribution < 1.29 is 13.2 Å². The van der Waals surface area contributed by atoms with Gasteiger partial charge in [0.2, 0.25) is 0 Å². The van der Waals surface area contributed by atoms with Crippen molar-refractivity contribution in [2.24, 2.45) is 5.92 Å². The van der Waals surface area contributed by atoms with Crippen LogP contribution >= 0.6 is 0 Å². The van der Waals surface area contributed by atoms with Crippen LogP contribution in [0.1, 0.15) is 13.8 Å². The molecule has 0 aromatic carbocycles. The van der Waals surface area contributed by atoms with Crippen LogP contribution in [0.25, 0.3) is 0 Å². The Bertz CT molecular complexity index is 266. The highest BCUT2D eigenvalue weighted by atomic mass is 19.4. The van der Waals surface area contributed by atoms with Crippen molar-refractivity contribution in [2.75, 3.05) is 6.54 Å². The number of halogens is 3. The highest BCUT2D eigenvalue weighted by Gasteiger charge is 2.41. The molecule has 0 unspecified atom stereocenters. The number of nitrogens with one attached hydrogen (secondary N) is 2. The fourth-order valence-corrected chi connectivity index (χ4v) is 1.39. The molecule has 15 heavy (non-hydrogen) atoms. The molecule has 0 saturated carbocycles. The van der Waals surface area contributed by atoms with Crippen molar-refractivity contribution in [2.45, 2.75) is 26.1 Å². The lowest BCUT2D eigenvalue weighted by atomic mass is 10.0. The van der Waals surface area contributed by atoms with E-state index in [-0.39, 0.29) is 0 Å². The first-order valence-electron chi connectivity index (χ1n) is 4.83. The Balaban J connectivity index is 2.67. The van der Waals surface area contributed by atoms with E-state index in [2.05, 4.69) is 10.6 Å². The maximum atomic E-state index is 12.6. The number of hydrogen-bond acceptors (Lipinski definition) is 2. The zero-order chi connectivity index (χ0) is 11.5. The number of hydrogen-bond donors (Lipinski definition) is 2. The molecule has 0 saturated heterocycles. The van der Waals surface area contributed by atoms with Gasteiger partial charge in [-0.05, 0) is 24.3 Å². The molecule has 0 aromatic rings. The van der Waals surface area contributed by atoms with E-state index in [0.717, 1.165) is 0 Å². The molecule has 2 N–H and O–H groups in total. The van der Waals surface area contributed by atoms with E-state index >= 15 is 0 Å². The highest BCUT2D eigenvalue weighted by Crippen LogP contribution is 2.26. The first-order valence-corrected chi connectivity index (χ1v) is 4.83. The first kappa shape index (κ1) is 11.9. The van der Waals surface area contributed by atoms with E-state index in [4.69, 9.17) is 0 Å². The lowest BCUT2D eigenvalue weighted by molar-refractivity contribution is -0.163. The fourth-order valence-electron chi connectivity index (χ4n) is 1.39. The standard InChI is InChI=1S/C10H15F3N2/c1-7(2)9(10(11,12)13)15-8-4-3-5-14-6-8/h3-5,7,9,14-15H,6H2,1-2H3/t9-/m1/s1. The van der Waals surface area contributed by atoms with Crippen molar-refractivity contribution >= 4 is 0 Å². The predicted octanol–water partition coefficient (Wildman–Crippen LogP) is 2.16. The molecular formula is C10H15F3N2. The van der Waals surface area contributed by atoms with Gasteiger partial charge in [0.1, 0.15) is 6.04 Å². The van der Waals surface area contributed by atoms with Crippen molar-refractivity contribution in [1.29, 1.82) is 0 Å². The topological polar surface area (TPSA) is 24.1 Å². The summed E-state index contributed by atoms with van der Waals surface area (Å²) in [7, 11) is 0. The van der Waals surface area contributed by atoms with Crippen LogP contribution in [0.5, 0.6) is 0 Å². The van der Waals surface area contributed by atoms with E-state index in [1.54, 1.807) is 32.2 Å². The smallest absolute Gasteiger partial charge is 0.385 e. The summed E-state index contributed by atoms with van der Waals surface area (Å²) in [4.78, 5) is 0. The molecule has 0 aromatic heterocycles. The summed E-state index contributed by atoms with van der Waals surface area (Å²) in [5, 5.41) is 5.37. The molecule has 1 aliphatic rings. The summed E-state index contributed by atoms with van der Waals surface area (Å²) >= 11 is 0. The molecule has 1 heterocycles. The van der Waals surface area contributed by atoms with Crippen LogP contribution in [-0.2, 0) is 0 Å². The fraction of sp³-hybridized carbons (Fsp3) is 0.600. The van der Waals surface area contributed by atoms with Crippen LogP contribution in [-0.4, -0.2) is 18.8 Å². The van der Waals surface area contributed by atoms with E-state index < -0.39 is 18.1 Å². The van der Waals surface area contributed by atoms with Crippen molar-refractivity contribution in [3.8, 4) is 0 Å². The first-order chi connectivity index (χ1) is 6.91. The van der Waals surface area contributed by atoms with Crippen LogP contribution in [0.4, 0.5) is 13.2 Å². The molecule has 1 aliphatic heterocycles. The van der Waals surface area contributed by atoms with Gasteiger partial charge in [-0.3, -0.25) is 0 Å². The van der Waals surface area contributed by atoms with E-state index in [0.29, 0.717) is 12.2 Å². The minimum absolute atomic E-state index is 0.412. The zero-order valence-corrected chi connectivity index (χ0v) is 8.73. The SMILES string of the molecule is CC(C)[C@@H](NC1=CC=CNC1)C(F)(F)F. The van der Waals surface area contributed by atoms with Gasteiger partial charge < -0.3 is 10.6 Å². The second kappa shape index (κ2) is 4.59. The monoisotopic (exact) mass is 220 g/mol. The molecule has 5 heteroatoms. The third-order valence-electron chi connectivity index (χ3n) is 2.16.